The molecule has 1 rings (SSSR count). The van der Waals surface area contributed by atoms with Crippen molar-refractivity contribution in [2.24, 2.45) is 0 Å². The molecule has 0 unspecified atom stereocenters. The molecule has 68 valence electrons. The first-order chi connectivity index (χ1) is 5.88. The van der Waals surface area contributed by atoms with E-state index in [1.165, 1.54) is 5.69 Å². The van der Waals surface area contributed by atoms with Crippen LogP contribution in [0.3, 0.4) is 0 Å². The monoisotopic (exact) mass is 185 g/mol. The lowest BCUT2D eigenvalue weighted by atomic mass is 10.4. The lowest BCUT2D eigenvalue weighted by Gasteiger charge is -2.05. The molecule has 0 aliphatic carbocycles. The summed E-state index contributed by atoms with van der Waals surface area (Å²) in [7, 11) is 1.95. The van der Waals surface area contributed by atoms with Gasteiger partial charge in [-0.05, 0) is 19.4 Å². The summed E-state index contributed by atoms with van der Waals surface area (Å²) in [6, 6.07) is 2.05. The Bertz CT molecular complexity index is 222. The van der Waals surface area contributed by atoms with Crippen LogP contribution in [0.1, 0.15) is 5.69 Å². The van der Waals surface area contributed by atoms with E-state index >= 15 is 0 Å². The molecule has 1 N–H and O–H groups in total. The summed E-state index contributed by atoms with van der Waals surface area (Å²) >= 11 is 1.85. The van der Waals surface area contributed by atoms with Crippen LogP contribution in [-0.2, 0) is 13.1 Å². The molecule has 0 aliphatic heterocycles. The summed E-state index contributed by atoms with van der Waals surface area (Å²) in [6.45, 7) is 1.90. The molecule has 0 saturated carbocycles. The van der Waals surface area contributed by atoms with Gasteiger partial charge >= 0.3 is 0 Å². The number of hydrogen-bond acceptors (Lipinski definition) is 3. The van der Waals surface area contributed by atoms with Gasteiger partial charge in [0, 0.05) is 18.5 Å². The maximum Gasteiger partial charge on any atom is 0.0522 e. The molecule has 1 heterocycles. The zero-order valence-corrected chi connectivity index (χ0v) is 8.40. The van der Waals surface area contributed by atoms with E-state index in [1.807, 2.05) is 29.7 Å². The minimum Gasteiger partial charge on any atom is -0.314 e. The van der Waals surface area contributed by atoms with Gasteiger partial charge in [0.1, 0.15) is 0 Å². The number of hydrogen-bond donors (Lipinski definition) is 1. The van der Waals surface area contributed by atoms with Crippen LogP contribution in [0.25, 0.3) is 0 Å². The zero-order valence-electron chi connectivity index (χ0n) is 7.58. The van der Waals surface area contributed by atoms with Crippen molar-refractivity contribution < 1.29 is 0 Å². The zero-order chi connectivity index (χ0) is 8.81. The number of aromatic nitrogens is 2. The fraction of sp³-hybridized carbons (Fsp3) is 0.625. The molecule has 3 nitrogen and oxygen atoms in total. The number of nitrogens with one attached hydrogen (secondary N) is 1. The fourth-order valence-electron chi connectivity index (χ4n) is 1.07. The Hall–Kier alpha value is -0.480. The van der Waals surface area contributed by atoms with Crippen LogP contribution in [0.2, 0.25) is 0 Å². The molecular formula is C8H15N3S. The maximum atomic E-state index is 4.24. The third-order valence-electron chi connectivity index (χ3n) is 1.67. The molecule has 0 spiro atoms. The number of thioether (sulfide) groups is 1. The van der Waals surface area contributed by atoms with Crippen LogP contribution in [-0.4, -0.2) is 28.8 Å². The van der Waals surface area contributed by atoms with Crippen molar-refractivity contribution in [3.05, 3.63) is 18.0 Å². The lowest BCUT2D eigenvalue weighted by molar-refractivity contribution is 0.608. The van der Waals surface area contributed by atoms with Crippen molar-refractivity contribution in [1.82, 2.24) is 15.1 Å². The Morgan fingerprint density at radius 3 is 3.17 bits per heavy atom. The minimum absolute atomic E-state index is 0.897. The highest BCUT2D eigenvalue weighted by Gasteiger charge is 1.99. The Balaban J connectivity index is 2.51. The van der Waals surface area contributed by atoms with Gasteiger partial charge in [0.2, 0.25) is 0 Å². The predicted octanol–water partition coefficient (Wildman–Crippen LogP) is 0.965. The molecule has 0 amide bonds. The van der Waals surface area contributed by atoms with Crippen LogP contribution in [0.4, 0.5) is 0 Å². The highest BCUT2D eigenvalue weighted by molar-refractivity contribution is 7.98. The molecule has 1 aromatic heterocycles. The molecule has 0 aliphatic rings. The van der Waals surface area contributed by atoms with E-state index in [0.717, 1.165) is 18.8 Å². The van der Waals surface area contributed by atoms with Crippen LogP contribution in [0.15, 0.2) is 12.3 Å². The summed E-state index contributed by atoms with van der Waals surface area (Å²) in [5.74, 6) is 1.12. The minimum atomic E-state index is 0.897. The summed E-state index contributed by atoms with van der Waals surface area (Å²) in [4.78, 5) is 0. The van der Waals surface area contributed by atoms with Gasteiger partial charge in [-0.15, -0.1) is 0 Å². The Labute approximate surface area is 77.5 Å². The van der Waals surface area contributed by atoms with Crippen LogP contribution in [0, 0.1) is 0 Å². The molecule has 12 heavy (non-hydrogen) atoms. The van der Waals surface area contributed by atoms with Crippen LogP contribution < -0.4 is 5.32 Å². The van der Waals surface area contributed by atoms with Gasteiger partial charge in [-0.1, -0.05) is 0 Å². The second-order valence-corrected chi connectivity index (χ2v) is 3.55. The van der Waals surface area contributed by atoms with E-state index in [9.17, 15) is 0 Å². The number of aryl methyl sites for hydroxylation is 1. The van der Waals surface area contributed by atoms with Crippen molar-refractivity contribution in [3.8, 4) is 0 Å². The molecule has 0 bridgehead atoms. The van der Waals surface area contributed by atoms with Crippen molar-refractivity contribution in [2.75, 3.05) is 19.1 Å². The Morgan fingerprint density at radius 1 is 1.67 bits per heavy atom. The van der Waals surface area contributed by atoms with Gasteiger partial charge in [0.05, 0.1) is 12.2 Å². The van der Waals surface area contributed by atoms with E-state index < -0.39 is 0 Å². The van der Waals surface area contributed by atoms with Crippen molar-refractivity contribution >= 4 is 11.8 Å². The molecule has 0 atom stereocenters. The fourth-order valence-corrected chi connectivity index (χ4v) is 1.43. The maximum absolute atomic E-state index is 4.24. The third-order valence-corrected chi connectivity index (χ3v) is 2.26. The SMILES string of the molecule is CNCc1ccnn1CCSC. The van der Waals surface area contributed by atoms with Crippen molar-refractivity contribution in [1.29, 1.82) is 0 Å². The molecule has 0 aromatic carbocycles. The lowest BCUT2D eigenvalue weighted by Crippen LogP contribution is -2.13. The summed E-state index contributed by atoms with van der Waals surface area (Å²) in [5, 5.41) is 7.35. The second kappa shape index (κ2) is 5.22. The largest absolute Gasteiger partial charge is 0.314 e. The van der Waals surface area contributed by atoms with E-state index in [0.29, 0.717) is 0 Å². The van der Waals surface area contributed by atoms with E-state index in [1.54, 1.807) is 0 Å². The summed E-state index contributed by atoms with van der Waals surface area (Å²) < 4.78 is 2.05. The highest BCUT2D eigenvalue weighted by Crippen LogP contribution is 2.00. The van der Waals surface area contributed by atoms with E-state index in [4.69, 9.17) is 0 Å². The summed E-state index contributed by atoms with van der Waals surface area (Å²) in [5.41, 5.74) is 1.26. The smallest absolute Gasteiger partial charge is 0.0522 e. The topological polar surface area (TPSA) is 29.9 Å². The first-order valence-corrected chi connectivity index (χ1v) is 5.42. The van der Waals surface area contributed by atoms with Crippen molar-refractivity contribution in [3.63, 3.8) is 0 Å². The quantitative estimate of drug-likeness (QED) is 0.741. The van der Waals surface area contributed by atoms with E-state index in [2.05, 4.69) is 22.7 Å². The molecule has 0 radical (unpaired) electrons. The van der Waals surface area contributed by atoms with Gasteiger partial charge in [-0.25, -0.2) is 0 Å². The normalized spacial score (nSPS) is 10.5. The van der Waals surface area contributed by atoms with E-state index in [-0.39, 0.29) is 0 Å². The molecule has 0 fully saturated rings. The van der Waals surface area contributed by atoms with Gasteiger partial charge < -0.3 is 5.32 Å². The Morgan fingerprint density at radius 2 is 2.50 bits per heavy atom. The molecular weight excluding hydrogens is 170 g/mol. The van der Waals surface area contributed by atoms with Crippen LogP contribution >= 0.6 is 11.8 Å². The average Bonchev–Trinajstić information content (AvgIpc) is 2.50. The van der Waals surface area contributed by atoms with Crippen molar-refractivity contribution in [2.45, 2.75) is 13.1 Å². The molecule has 0 saturated heterocycles. The second-order valence-electron chi connectivity index (χ2n) is 2.57. The average molecular weight is 185 g/mol. The first-order valence-electron chi connectivity index (χ1n) is 4.02. The van der Waals surface area contributed by atoms with Crippen LogP contribution in [0.5, 0.6) is 0 Å². The highest BCUT2D eigenvalue weighted by atomic mass is 32.2. The van der Waals surface area contributed by atoms with Gasteiger partial charge in [-0.3, -0.25) is 4.68 Å². The van der Waals surface area contributed by atoms with Gasteiger partial charge in [0.15, 0.2) is 0 Å². The molecule has 4 heteroatoms. The first kappa shape index (κ1) is 9.61. The summed E-state index contributed by atoms with van der Waals surface area (Å²) in [6.07, 6.45) is 3.97. The standard InChI is InChI=1S/C8H15N3S/c1-9-7-8-3-4-10-11(8)5-6-12-2/h3-4,9H,5-7H2,1-2H3. The van der Waals surface area contributed by atoms with Gasteiger partial charge in [0.25, 0.3) is 0 Å². The molecule has 1 aromatic rings. The third kappa shape index (κ3) is 2.53. The number of rotatable bonds is 5. The number of nitrogens with zero attached hydrogens (tertiary/aromatic N) is 2. The Kier molecular flexibility index (Phi) is 4.18. The van der Waals surface area contributed by atoms with Gasteiger partial charge in [-0.2, -0.15) is 16.9 Å². The predicted molar refractivity (Wildman–Crippen MR) is 53.4 cm³/mol.